The number of benzene rings is 2. The second kappa shape index (κ2) is 8.55. The van der Waals surface area contributed by atoms with Crippen LogP contribution in [0.3, 0.4) is 0 Å². The summed E-state index contributed by atoms with van der Waals surface area (Å²) in [4.78, 5) is 0. The Kier molecular flexibility index (Phi) is 6.38. The van der Waals surface area contributed by atoms with E-state index in [0.29, 0.717) is 13.2 Å². The summed E-state index contributed by atoms with van der Waals surface area (Å²) < 4.78 is 10.7. The van der Waals surface area contributed by atoms with Crippen molar-refractivity contribution in [3.05, 3.63) is 59.1 Å². The average molecular weight is 306 g/mol. The molecule has 0 aliphatic heterocycles. The van der Waals surface area contributed by atoms with Crippen LogP contribution in [0.1, 0.15) is 5.56 Å². The molecule has 0 bridgehead atoms. The fourth-order valence-electron chi connectivity index (χ4n) is 1.93. The number of ether oxygens (including phenoxy) is 2. The fraction of sp³-hybridized carbons (Fsp3) is 0.294. The predicted molar refractivity (Wildman–Crippen MR) is 87.5 cm³/mol. The highest BCUT2D eigenvalue weighted by Gasteiger charge is 1.98. The van der Waals surface area contributed by atoms with E-state index in [1.165, 1.54) is 5.56 Å². The molecular weight excluding hydrogens is 286 g/mol. The van der Waals surface area contributed by atoms with Gasteiger partial charge in [0, 0.05) is 13.7 Å². The van der Waals surface area contributed by atoms with Crippen molar-refractivity contribution in [3.8, 4) is 5.75 Å². The van der Waals surface area contributed by atoms with E-state index in [1.54, 1.807) is 7.11 Å². The molecule has 0 radical (unpaired) electrons. The van der Waals surface area contributed by atoms with Crippen molar-refractivity contribution < 1.29 is 9.47 Å². The van der Waals surface area contributed by atoms with Gasteiger partial charge in [-0.1, -0.05) is 35.9 Å². The first-order valence-corrected chi connectivity index (χ1v) is 7.36. The van der Waals surface area contributed by atoms with Gasteiger partial charge in [-0.15, -0.1) is 0 Å². The Balaban J connectivity index is 1.72. The second-order valence-electron chi connectivity index (χ2n) is 4.64. The topological polar surface area (TPSA) is 30.5 Å². The molecule has 2 rings (SSSR count). The molecule has 0 spiro atoms. The van der Waals surface area contributed by atoms with E-state index < -0.39 is 0 Å². The van der Waals surface area contributed by atoms with Gasteiger partial charge in [0.2, 0.25) is 0 Å². The molecule has 21 heavy (non-hydrogen) atoms. The van der Waals surface area contributed by atoms with Crippen molar-refractivity contribution in [1.29, 1.82) is 0 Å². The molecule has 1 N–H and O–H groups in total. The molecule has 0 saturated heterocycles. The second-order valence-corrected chi connectivity index (χ2v) is 5.05. The number of hydrogen-bond acceptors (Lipinski definition) is 3. The van der Waals surface area contributed by atoms with Crippen molar-refractivity contribution in [2.24, 2.45) is 0 Å². The summed E-state index contributed by atoms with van der Waals surface area (Å²) in [7, 11) is 1.71. The van der Waals surface area contributed by atoms with Crippen LogP contribution in [0.25, 0.3) is 0 Å². The van der Waals surface area contributed by atoms with E-state index >= 15 is 0 Å². The van der Waals surface area contributed by atoms with Crippen LogP contribution in [-0.2, 0) is 11.2 Å². The molecule has 0 heterocycles. The minimum absolute atomic E-state index is 0.586. The van der Waals surface area contributed by atoms with Crippen LogP contribution in [0, 0.1) is 0 Å². The summed E-state index contributed by atoms with van der Waals surface area (Å²) in [5.41, 5.74) is 2.18. The molecule has 4 heteroatoms. The molecular formula is C17H20ClNO2. The van der Waals surface area contributed by atoms with Crippen molar-refractivity contribution in [3.63, 3.8) is 0 Å². The van der Waals surface area contributed by atoms with Gasteiger partial charge in [0.1, 0.15) is 12.4 Å². The van der Waals surface area contributed by atoms with E-state index in [0.717, 1.165) is 29.5 Å². The minimum Gasteiger partial charge on any atom is -0.492 e. The van der Waals surface area contributed by atoms with Gasteiger partial charge in [0.05, 0.1) is 17.3 Å². The molecule has 2 aromatic carbocycles. The maximum absolute atomic E-state index is 6.07. The number of methoxy groups -OCH3 is 1. The van der Waals surface area contributed by atoms with Crippen LogP contribution >= 0.6 is 11.6 Å². The number of anilines is 1. The average Bonchev–Trinajstić information content (AvgIpc) is 2.52. The third-order valence-corrected chi connectivity index (χ3v) is 3.41. The zero-order valence-electron chi connectivity index (χ0n) is 12.1. The summed E-state index contributed by atoms with van der Waals surface area (Å²) in [6.07, 6.45) is 0.921. The minimum atomic E-state index is 0.586. The summed E-state index contributed by atoms with van der Waals surface area (Å²) in [5, 5.41) is 3.97. The lowest BCUT2D eigenvalue weighted by atomic mass is 10.1. The fourth-order valence-corrected chi connectivity index (χ4v) is 2.13. The number of rotatable bonds is 8. The summed E-state index contributed by atoms with van der Waals surface area (Å²) in [6, 6.07) is 15.8. The summed E-state index contributed by atoms with van der Waals surface area (Å²) >= 11 is 6.07. The van der Waals surface area contributed by atoms with Crippen LogP contribution < -0.4 is 10.1 Å². The van der Waals surface area contributed by atoms with E-state index in [-0.39, 0.29) is 0 Å². The predicted octanol–water partition coefficient (Wildman–Crippen LogP) is 4.02. The Morgan fingerprint density at radius 3 is 2.48 bits per heavy atom. The lowest BCUT2D eigenvalue weighted by Crippen LogP contribution is -2.11. The van der Waals surface area contributed by atoms with Crippen LogP contribution in [-0.4, -0.2) is 26.9 Å². The Bertz CT molecular complexity index is 543. The number of hydrogen-bond donors (Lipinski definition) is 1. The molecule has 0 fully saturated rings. The highest BCUT2D eigenvalue weighted by Crippen LogP contribution is 2.20. The molecule has 2 aromatic rings. The van der Waals surface area contributed by atoms with E-state index in [2.05, 4.69) is 17.4 Å². The Hall–Kier alpha value is -1.71. The summed E-state index contributed by atoms with van der Waals surface area (Å²) in [5.74, 6) is 0.872. The zero-order chi connectivity index (χ0) is 14.9. The number of halogens is 1. The molecule has 0 saturated carbocycles. The SMILES string of the molecule is COCCc1ccc(OCCNc2ccccc2Cl)cc1. The van der Waals surface area contributed by atoms with Crippen molar-refractivity contribution in [2.75, 3.05) is 32.2 Å². The van der Waals surface area contributed by atoms with Gasteiger partial charge < -0.3 is 14.8 Å². The quantitative estimate of drug-likeness (QED) is 0.747. The maximum Gasteiger partial charge on any atom is 0.119 e. The summed E-state index contributed by atoms with van der Waals surface area (Å²) in [6.45, 7) is 2.03. The van der Waals surface area contributed by atoms with Gasteiger partial charge in [-0.05, 0) is 36.2 Å². The third kappa shape index (κ3) is 5.29. The van der Waals surface area contributed by atoms with Gasteiger partial charge in [0.25, 0.3) is 0 Å². The normalized spacial score (nSPS) is 10.4. The highest BCUT2D eigenvalue weighted by atomic mass is 35.5. The first-order valence-electron chi connectivity index (χ1n) is 6.98. The maximum atomic E-state index is 6.07. The third-order valence-electron chi connectivity index (χ3n) is 3.08. The Labute approximate surface area is 130 Å². The lowest BCUT2D eigenvalue weighted by Gasteiger charge is -2.10. The van der Waals surface area contributed by atoms with E-state index in [1.807, 2.05) is 36.4 Å². The van der Waals surface area contributed by atoms with Crippen LogP contribution in [0.4, 0.5) is 5.69 Å². The number of para-hydroxylation sites is 1. The zero-order valence-corrected chi connectivity index (χ0v) is 12.9. The monoisotopic (exact) mass is 305 g/mol. The van der Waals surface area contributed by atoms with Crippen LogP contribution in [0.15, 0.2) is 48.5 Å². The molecule has 0 atom stereocenters. The standard InChI is InChI=1S/C17H20ClNO2/c1-20-12-10-14-6-8-15(9-7-14)21-13-11-19-17-5-3-2-4-16(17)18/h2-9,19H,10-13H2,1H3. The van der Waals surface area contributed by atoms with Crippen LogP contribution in [0.5, 0.6) is 5.75 Å². The molecule has 0 aliphatic rings. The smallest absolute Gasteiger partial charge is 0.119 e. The van der Waals surface area contributed by atoms with E-state index in [9.17, 15) is 0 Å². The van der Waals surface area contributed by atoms with Gasteiger partial charge in [-0.25, -0.2) is 0 Å². The van der Waals surface area contributed by atoms with Gasteiger partial charge >= 0.3 is 0 Å². The van der Waals surface area contributed by atoms with Crippen molar-refractivity contribution >= 4 is 17.3 Å². The van der Waals surface area contributed by atoms with E-state index in [4.69, 9.17) is 21.1 Å². The van der Waals surface area contributed by atoms with Gasteiger partial charge in [0.15, 0.2) is 0 Å². The lowest BCUT2D eigenvalue weighted by molar-refractivity contribution is 0.202. The van der Waals surface area contributed by atoms with Crippen molar-refractivity contribution in [1.82, 2.24) is 0 Å². The molecule has 0 aromatic heterocycles. The molecule has 3 nitrogen and oxygen atoms in total. The highest BCUT2D eigenvalue weighted by molar-refractivity contribution is 6.33. The molecule has 112 valence electrons. The first-order chi connectivity index (χ1) is 10.3. The van der Waals surface area contributed by atoms with Gasteiger partial charge in [-0.2, -0.15) is 0 Å². The number of nitrogens with one attached hydrogen (secondary N) is 1. The largest absolute Gasteiger partial charge is 0.492 e. The molecule has 0 aliphatic carbocycles. The van der Waals surface area contributed by atoms with Crippen molar-refractivity contribution in [2.45, 2.75) is 6.42 Å². The molecule has 0 unspecified atom stereocenters. The molecule has 0 amide bonds. The Morgan fingerprint density at radius 2 is 1.76 bits per heavy atom. The van der Waals surface area contributed by atoms with Crippen LogP contribution in [0.2, 0.25) is 5.02 Å². The van der Waals surface area contributed by atoms with Gasteiger partial charge in [-0.3, -0.25) is 0 Å². The Morgan fingerprint density at radius 1 is 1.00 bits per heavy atom. The first kappa shape index (κ1) is 15.7.